The molecule has 0 amide bonds. The molecule has 90 valence electrons. The minimum atomic E-state index is -3.83. The van der Waals surface area contributed by atoms with Crippen LogP contribution in [-0.2, 0) is 14.8 Å². The second-order valence-corrected chi connectivity index (χ2v) is 4.96. The summed E-state index contributed by atoms with van der Waals surface area (Å²) in [7, 11) is -3.83. The predicted octanol–water partition coefficient (Wildman–Crippen LogP) is -0.140. The lowest BCUT2D eigenvalue weighted by molar-refractivity contribution is -0.139. The highest BCUT2D eigenvalue weighted by atomic mass is 32.2. The number of aliphatic carboxylic acids is 1. The Kier molecular flexibility index (Phi) is 3.66. The van der Waals surface area contributed by atoms with E-state index in [1.165, 1.54) is 0 Å². The number of hydrogen-bond donors (Lipinski definition) is 3. The zero-order valence-electron chi connectivity index (χ0n) is 8.89. The zero-order chi connectivity index (χ0) is 12.3. The van der Waals surface area contributed by atoms with Crippen molar-refractivity contribution in [2.24, 2.45) is 0 Å². The summed E-state index contributed by atoms with van der Waals surface area (Å²) in [6.45, 7) is 3.13. The molecule has 0 saturated heterocycles. The molecule has 3 N–H and O–H groups in total. The maximum absolute atomic E-state index is 11.8. The second-order valence-electron chi connectivity index (χ2n) is 3.28. The van der Waals surface area contributed by atoms with Gasteiger partial charge in [0.2, 0.25) is 10.0 Å². The summed E-state index contributed by atoms with van der Waals surface area (Å²) in [6, 6.07) is -1.13. The lowest BCUT2D eigenvalue weighted by Gasteiger charge is -2.11. The predicted molar refractivity (Wildman–Crippen MR) is 55.4 cm³/mol. The molecular formula is C8H13N3O4S. The molecule has 0 fully saturated rings. The maximum atomic E-state index is 11.8. The number of aromatic nitrogens is 2. The number of rotatable bonds is 5. The first kappa shape index (κ1) is 12.7. The van der Waals surface area contributed by atoms with Gasteiger partial charge in [-0.05, 0) is 13.3 Å². The molecule has 0 aromatic carbocycles. The van der Waals surface area contributed by atoms with Gasteiger partial charge in [0.25, 0.3) is 0 Å². The number of hydrogen-bond acceptors (Lipinski definition) is 4. The second kappa shape index (κ2) is 4.62. The van der Waals surface area contributed by atoms with Crippen molar-refractivity contribution in [3.63, 3.8) is 0 Å². The van der Waals surface area contributed by atoms with Crippen molar-refractivity contribution >= 4 is 16.0 Å². The lowest BCUT2D eigenvalue weighted by atomic mass is 10.2. The molecule has 0 aliphatic rings. The van der Waals surface area contributed by atoms with E-state index in [0.717, 1.165) is 6.20 Å². The average molecular weight is 247 g/mol. The number of aryl methyl sites for hydroxylation is 1. The monoisotopic (exact) mass is 247 g/mol. The number of nitrogens with zero attached hydrogens (tertiary/aromatic N) is 1. The fourth-order valence-electron chi connectivity index (χ4n) is 1.17. The van der Waals surface area contributed by atoms with Crippen molar-refractivity contribution in [3.05, 3.63) is 11.9 Å². The van der Waals surface area contributed by atoms with Crippen molar-refractivity contribution in [2.75, 3.05) is 0 Å². The van der Waals surface area contributed by atoms with Crippen molar-refractivity contribution in [1.29, 1.82) is 0 Å². The fourth-order valence-corrected chi connectivity index (χ4v) is 2.58. The van der Waals surface area contributed by atoms with Gasteiger partial charge in [-0.25, -0.2) is 8.42 Å². The van der Waals surface area contributed by atoms with Gasteiger partial charge >= 0.3 is 5.97 Å². The largest absolute Gasteiger partial charge is 0.480 e. The van der Waals surface area contributed by atoms with E-state index in [2.05, 4.69) is 14.9 Å². The first-order valence-corrected chi connectivity index (χ1v) is 6.12. The molecule has 0 unspecified atom stereocenters. The molecule has 1 rings (SSSR count). The summed E-state index contributed by atoms with van der Waals surface area (Å²) >= 11 is 0. The van der Waals surface area contributed by atoms with Crippen molar-refractivity contribution in [3.8, 4) is 0 Å². The van der Waals surface area contributed by atoms with E-state index in [0.29, 0.717) is 5.69 Å². The van der Waals surface area contributed by atoms with Gasteiger partial charge in [-0.3, -0.25) is 9.89 Å². The molecule has 0 aliphatic heterocycles. The van der Waals surface area contributed by atoms with Crippen LogP contribution in [0.1, 0.15) is 19.0 Å². The van der Waals surface area contributed by atoms with E-state index in [1.807, 2.05) is 0 Å². The van der Waals surface area contributed by atoms with E-state index in [1.54, 1.807) is 13.8 Å². The van der Waals surface area contributed by atoms with Crippen LogP contribution in [0.3, 0.4) is 0 Å². The van der Waals surface area contributed by atoms with Gasteiger partial charge in [0, 0.05) is 0 Å². The highest BCUT2D eigenvalue weighted by Gasteiger charge is 2.25. The lowest BCUT2D eigenvalue weighted by Crippen LogP contribution is -2.40. The molecule has 16 heavy (non-hydrogen) atoms. The summed E-state index contributed by atoms with van der Waals surface area (Å²) in [4.78, 5) is 10.7. The smallest absolute Gasteiger partial charge is 0.321 e. The molecule has 1 heterocycles. The Morgan fingerprint density at radius 2 is 2.31 bits per heavy atom. The Morgan fingerprint density at radius 3 is 2.69 bits per heavy atom. The normalized spacial score (nSPS) is 13.6. The number of carboxylic acids is 1. The average Bonchev–Trinajstić information content (AvgIpc) is 2.61. The van der Waals surface area contributed by atoms with Crippen LogP contribution < -0.4 is 4.72 Å². The van der Waals surface area contributed by atoms with E-state index in [-0.39, 0.29) is 11.3 Å². The molecule has 7 nitrogen and oxygen atoms in total. The van der Waals surface area contributed by atoms with Crippen LogP contribution in [0.5, 0.6) is 0 Å². The Labute approximate surface area is 92.9 Å². The van der Waals surface area contributed by atoms with Crippen molar-refractivity contribution in [2.45, 2.75) is 31.2 Å². The molecule has 0 radical (unpaired) electrons. The number of sulfonamides is 1. The SMILES string of the molecule is CC[C@@H](NS(=O)(=O)c1cn[nH]c1C)C(=O)O. The topological polar surface area (TPSA) is 112 Å². The third-order valence-electron chi connectivity index (χ3n) is 2.08. The van der Waals surface area contributed by atoms with Gasteiger partial charge in [-0.1, -0.05) is 6.92 Å². The highest BCUT2D eigenvalue weighted by molar-refractivity contribution is 7.89. The molecule has 1 aromatic rings. The van der Waals surface area contributed by atoms with Gasteiger partial charge < -0.3 is 5.11 Å². The van der Waals surface area contributed by atoms with Crippen molar-refractivity contribution in [1.82, 2.24) is 14.9 Å². The molecule has 0 saturated carbocycles. The quantitative estimate of drug-likeness (QED) is 0.670. The van der Waals surface area contributed by atoms with Gasteiger partial charge in [-0.2, -0.15) is 9.82 Å². The minimum absolute atomic E-state index is 0.0350. The number of carbonyl (C=O) groups is 1. The minimum Gasteiger partial charge on any atom is -0.480 e. The highest BCUT2D eigenvalue weighted by Crippen LogP contribution is 2.11. The fraction of sp³-hybridized carbons (Fsp3) is 0.500. The van der Waals surface area contributed by atoms with Gasteiger partial charge in [-0.15, -0.1) is 0 Å². The molecule has 0 spiro atoms. The third kappa shape index (κ3) is 2.58. The molecule has 0 bridgehead atoms. The Balaban J connectivity index is 2.97. The number of H-pyrrole nitrogens is 1. The Hall–Kier alpha value is -1.41. The van der Waals surface area contributed by atoms with Gasteiger partial charge in [0.15, 0.2) is 0 Å². The summed E-state index contributed by atoms with van der Waals surface area (Å²) < 4.78 is 25.6. The first-order valence-electron chi connectivity index (χ1n) is 4.63. The summed E-state index contributed by atoms with van der Waals surface area (Å²) in [5.74, 6) is -1.20. The van der Waals surface area contributed by atoms with Gasteiger partial charge in [0.1, 0.15) is 10.9 Å². The molecular weight excluding hydrogens is 234 g/mol. The Bertz CT molecular complexity index is 479. The molecule has 8 heteroatoms. The van der Waals surface area contributed by atoms with E-state index < -0.39 is 22.0 Å². The van der Waals surface area contributed by atoms with Crippen LogP contribution in [0, 0.1) is 6.92 Å². The third-order valence-corrected chi connectivity index (χ3v) is 3.66. The van der Waals surface area contributed by atoms with Gasteiger partial charge in [0.05, 0.1) is 11.9 Å². The van der Waals surface area contributed by atoms with Crippen LogP contribution in [-0.4, -0.2) is 35.7 Å². The van der Waals surface area contributed by atoms with E-state index in [4.69, 9.17) is 5.11 Å². The Morgan fingerprint density at radius 1 is 1.69 bits per heavy atom. The number of carboxylic acid groups (broad SMARTS) is 1. The summed E-state index contributed by atoms with van der Waals surface area (Å²) in [5.41, 5.74) is 0.368. The summed E-state index contributed by atoms with van der Waals surface area (Å²) in [5, 5.41) is 14.8. The van der Waals surface area contributed by atoms with Crippen LogP contribution in [0.25, 0.3) is 0 Å². The standard InChI is InChI=1S/C8H13N3O4S/c1-3-6(8(12)13)11-16(14,15)7-4-9-10-5(7)2/h4,6,11H,3H2,1-2H3,(H,9,10)(H,12,13)/t6-/m1/s1. The van der Waals surface area contributed by atoms with Crippen LogP contribution in [0.15, 0.2) is 11.1 Å². The molecule has 1 aromatic heterocycles. The zero-order valence-corrected chi connectivity index (χ0v) is 9.71. The van der Waals surface area contributed by atoms with Crippen LogP contribution in [0.2, 0.25) is 0 Å². The number of nitrogens with one attached hydrogen (secondary N) is 2. The summed E-state index contributed by atoms with van der Waals surface area (Å²) in [6.07, 6.45) is 1.32. The molecule has 1 atom stereocenters. The van der Waals surface area contributed by atoms with Crippen LogP contribution in [0.4, 0.5) is 0 Å². The van der Waals surface area contributed by atoms with Crippen molar-refractivity contribution < 1.29 is 18.3 Å². The first-order chi connectivity index (χ1) is 7.38. The van der Waals surface area contributed by atoms with E-state index >= 15 is 0 Å². The molecule has 0 aliphatic carbocycles. The number of aromatic amines is 1. The van der Waals surface area contributed by atoms with E-state index in [9.17, 15) is 13.2 Å². The maximum Gasteiger partial charge on any atom is 0.321 e. The van der Waals surface area contributed by atoms with Crippen LogP contribution >= 0.6 is 0 Å².